The Labute approximate surface area is 170 Å². The van der Waals surface area contributed by atoms with Crippen molar-refractivity contribution < 1.29 is 60.6 Å². The van der Waals surface area contributed by atoms with Crippen molar-refractivity contribution in [3.63, 3.8) is 0 Å². The number of hydrogen-bond acceptors (Lipinski definition) is 7. The van der Waals surface area contributed by atoms with Gasteiger partial charge in [0.05, 0.1) is 0 Å². The van der Waals surface area contributed by atoms with E-state index in [9.17, 15) is 18.3 Å². The Balaban J connectivity index is -0.00000128. The maximum atomic E-state index is 10.7. The van der Waals surface area contributed by atoms with E-state index in [1.807, 2.05) is 0 Å². The molecule has 0 saturated carbocycles. The molecule has 0 aromatic carbocycles. The first kappa shape index (κ1) is 27.1. The Bertz CT molecular complexity index is 413. The second-order valence-corrected chi connectivity index (χ2v) is 7.96. The second kappa shape index (κ2) is 9.48. The zero-order chi connectivity index (χ0) is 14.1. The molecule has 2 atom stereocenters. The first-order valence-electron chi connectivity index (χ1n) is 3.03. The van der Waals surface area contributed by atoms with Gasteiger partial charge in [0.15, 0.2) is 0 Å². The van der Waals surface area contributed by atoms with Crippen molar-refractivity contribution in [1.82, 2.24) is 0 Å². The van der Waals surface area contributed by atoms with Crippen molar-refractivity contribution in [3.05, 3.63) is 0 Å². The van der Waals surface area contributed by atoms with Crippen LogP contribution in [0.3, 0.4) is 0 Å². The van der Waals surface area contributed by atoms with Crippen molar-refractivity contribution in [2.24, 2.45) is 0 Å². The van der Waals surface area contributed by atoms with Gasteiger partial charge in [0, 0.05) is 0 Å². The molecule has 19 heavy (non-hydrogen) atoms. The number of hydrogen-bond donors (Lipinski definition) is 6. The van der Waals surface area contributed by atoms with E-state index in [1.54, 1.807) is 0 Å². The van der Waals surface area contributed by atoms with Crippen LogP contribution in [-0.2, 0) is 31.2 Å². The van der Waals surface area contributed by atoms with E-state index < -0.39 is 31.3 Å². The molecule has 0 aromatic heterocycles. The molecule has 0 heterocycles. The van der Waals surface area contributed by atoms with Crippen molar-refractivity contribution in [2.45, 2.75) is 0 Å². The standard InChI is InChI=1S/K.Na.H6O13P4.2H/c;;1-14(2,3)11-16(7,8)13-17(9,10)12-15(4,5)6;;/h;;(H,7,8)(H,9,10)(H2,1,2,3)(H2,4,5,6);;. The van der Waals surface area contributed by atoms with Gasteiger partial charge in [-0.1, -0.05) is 0 Å². The zero-order valence-corrected chi connectivity index (χ0v) is 10.9. The molecule has 0 aliphatic rings. The summed E-state index contributed by atoms with van der Waals surface area (Å²) >= 11 is 0. The van der Waals surface area contributed by atoms with Gasteiger partial charge in [-0.2, -0.15) is 12.9 Å². The van der Waals surface area contributed by atoms with Crippen LogP contribution in [-0.4, -0.2) is 110 Å². The molecular formula is H8KNaO13P4. The van der Waals surface area contributed by atoms with E-state index in [0.29, 0.717) is 0 Å². The van der Waals surface area contributed by atoms with Crippen LogP contribution in [0.4, 0.5) is 0 Å². The molecule has 6 N–H and O–H groups in total. The SMILES string of the molecule is O=P(O)(O)OP(=O)(O)OP(=O)(O)OP(=O)(O)O.[KH].[NaH]. The van der Waals surface area contributed by atoms with Gasteiger partial charge in [-0.05, 0) is 0 Å². The monoisotopic (exact) mass is 402 g/mol. The molecule has 19 heteroatoms. The van der Waals surface area contributed by atoms with E-state index in [2.05, 4.69) is 12.9 Å². The molecule has 0 rings (SSSR count). The summed E-state index contributed by atoms with van der Waals surface area (Å²) in [7, 11) is -22.6. The van der Waals surface area contributed by atoms with Crippen LogP contribution in [0, 0.1) is 0 Å². The van der Waals surface area contributed by atoms with Gasteiger partial charge in [-0.25, -0.2) is 18.3 Å². The van der Waals surface area contributed by atoms with Gasteiger partial charge >= 0.3 is 112 Å². The minimum absolute atomic E-state index is 0. The van der Waals surface area contributed by atoms with Gasteiger partial charge in [0.1, 0.15) is 0 Å². The molecule has 0 spiro atoms. The van der Waals surface area contributed by atoms with Gasteiger partial charge in [0.25, 0.3) is 0 Å². The predicted octanol–water partition coefficient (Wildman–Crippen LogP) is -1.87. The van der Waals surface area contributed by atoms with Gasteiger partial charge in [-0.3, -0.25) is 0 Å². The van der Waals surface area contributed by atoms with Crippen LogP contribution in [0.15, 0.2) is 0 Å². The first-order valence-corrected chi connectivity index (χ1v) is 9.08. The Hall–Kier alpha value is 3.20. The molecule has 0 bridgehead atoms. The van der Waals surface area contributed by atoms with Crippen LogP contribution >= 0.6 is 31.3 Å². The van der Waals surface area contributed by atoms with Gasteiger partial charge < -0.3 is 29.4 Å². The summed E-state index contributed by atoms with van der Waals surface area (Å²) in [4.78, 5) is 49.4. The molecule has 0 aliphatic heterocycles. The summed E-state index contributed by atoms with van der Waals surface area (Å²) in [5, 5.41) is 0. The molecule has 108 valence electrons. The maximum absolute atomic E-state index is 10.7. The molecule has 2 unspecified atom stereocenters. The van der Waals surface area contributed by atoms with E-state index in [1.165, 1.54) is 0 Å². The normalized spacial score (nSPS) is 18.4. The summed E-state index contributed by atoms with van der Waals surface area (Å²) in [6.45, 7) is 0. The second-order valence-electron chi connectivity index (χ2n) is 2.16. The summed E-state index contributed by atoms with van der Waals surface area (Å²) in [5.74, 6) is 0. The van der Waals surface area contributed by atoms with Crippen LogP contribution in [0.25, 0.3) is 0 Å². The topological polar surface area (TPSA) is 217 Å². The van der Waals surface area contributed by atoms with E-state index in [0.717, 1.165) is 0 Å². The molecule has 0 fully saturated rings. The Morgan fingerprint density at radius 1 is 0.579 bits per heavy atom. The van der Waals surface area contributed by atoms with Crippen molar-refractivity contribution in [3.8, 4) is 0 Å². The fraction of sp³-hybridized carbons (Fsp3) is 0. The van der Waals surface area contributed by atoms with Crippen LogP contribution < -0.4 is 0 Å². The predicted molar refractivity (Wildman–Crippen MR) is 61.3 cm³/mol. The first-order chi connectivity index (χ1) is 7.12. The van der Waals surface area contributed by atoms with E-state index in [4.69, 9.17) is 29.4 Å². The molecule has 0 amide bonds. The molecule has 0 saturated heterocycles. The average Bonchev–Trinajstić information content (AvgIpc) is 1.65. The molecule has 13 nitrogen and oxygen atoms in total. The number of phosphoric acid groups is 4. The average molecular weight is 402 g/mol. The molecular weight excluding hydrogens is 394 g/mol. The number of rotatable bonds is 6. The zero-order valence-electron chi connectivity index (χ0n) is 7.33. The van der Waals surface area contributed by atoms with E-state index >= 15 is 0 Å². The van der Waals surface area contributed by atoms with Crippen LogP contribution in [0.2, 0.25) is 0 Å². The third-order valence-electron chi connectivity index (χ3n) is 0.625. The van der Waals surface area contributed by atoms with Crippen LogP contribution in [0.1, 0.15) is 0 Å². The van der Waals surface area contributed by atoms with Crippen molar-refractivity contribution in [2.75, 3.05) is 0 Å². The van der Waals surface area contributed by atoms with Crippen molar-refractivity contribution in [1.29, 1.82) is 0 Å². The summed E-state index contributed by atoms with van der Waals surface area (Å²) < 4.78 is 50.9. The van der Waals surface area contributed by atoms with Gasteiger partial charge in [-0.15, -0.1) is 0 Å². The fourth-order valence-corrected chi connectivity index (χ4v) is 4.40. The van der Waals surface area contributed by atoms with Gasteiger partial charge in [0.2, 0.25) is 0 Å². The summed E-state index contributed by atoms with van der Waals surface area (Å²) in [6, 6.07) is 0. The van der Waals surface area contributed by atoms with Crippen LogP contribution in [0.5, 0.6) is 0 Å². The summed E-state index contributed by atoms with van der Waals surface area (Å²) in [6.07, 6.45) is 0. The Kier molecular flexibility index (Phi) is 13.5. The fourth-order valence-electron chi connectivity index (χ4n) is 0.429. The third kappa shape index (κ3) is 17.4. The molecule has 0 aliphatic carbocycles. The minimum atomic E-state index is -5.77. The Morgan fingerprint density at radius 3 is 0.947 bits per heavy atom. The summed E-state index contributed by atoms with van der Waals surface area (Å²) in [5.41, 5.74) is 0. The van der Waals surface area contributed by atoms with E-state index in [-0.39, 0.29) is 80.9 Å². The quantitative estimate of drug-likeness (QED) is 0.212. The molecule has 0 aromatic rings. The van der Waals surface area contributed by atoms with Crippen molar-refractivity contribution >= 4 is 112 Å². The Morgan fingerprint density at radius 2 is 0.789 bits per heavy atom. The molecule has 0 radical (unpaired) electrons. The third-order valence-corrected chi connectivity index (χ3v) is 5.63.